The maximum Gasteiger partial charge on any atom is 0.262 e. The van der Waals surface area contributed by atoms with E-state index in [-0.39, 0.29) is 17.2 Å². The summed E-state index contributed by atoms with van der Waals surface area (Å²) < 4.78 is 1.56. The van der Waals surface area contributed by atoms with E-state index in [0.717, 1.165) is 29.5 Å². The molecular weight excluding hydrogens is 368 g/mol. The zero-order chi connectivity index (χ0) is 18.7. The molecule has 26 heavy (non-hydrogen) atoms. The highest BCUT2D eigenvalue weighted by Gasteiger charge is 2.22. The summed E-state index contributed by atoms with van der Waals surface area (Å²) in [6.45, 7) is 2.91. The van der Waals surface area contributed by atoms with Crippen LogP contribution in [-0.4, -0.2) is 39.2 Å². The first-order valence-corrected chi connectivity index (χ1v) is 10.7. The maximum absolute atomic E-state index is 12.8. The molecule has 1 aliphatic carbocycles. The van der Waals surface area contributed by atoms with Gasteiger partial charge in [0.25, 0.3) is 5.56 Å². The topological polar surface area (TPSA) is 79.0 Å². The van der Waals surface area contributed by atoms with Crippen molar-refractivity contribution in [2.24, 2.45) is 7.05 Å². The fraction of sp³-hybridized carbons (Fsp3) is 0.556. The van der Waals surface area contributed by atoms with Crippen LogP contribution in [0.3, 0.4) is 0 Å². The van der Waals surface area contributed by atoms with Crippen LogP contribution in [0.15, 0.2) is 9.95 Å². The predicted octanol–water partition coefficient (Wildman–Crippen LogP) is 2.73. The highest BCUT2D eigenvalue weighted by Crippen LogP contribution is 2.34. The summed E-state index contributed by atoms with van der Waals surface area (Å²) in [7, 11) is 1.72. The monoisotopic (exact) mass is 390 g/mol. The Balaban J connectivity index is 1.83. The summed E-state index contributed by atoms with van der Waals surface area (Å²) in [5.74, 6) is 0.184. The van der Waals surface area contributed by atoms with Gasteiger partial charge >= 0.3 is 0 Å². The molecule has 0 unspecified atom stereocenters. The third-order valence-corrected chi connectivity index (χ3v) is 6.91. The summed E-state index contributed by atoms with van der Waals surface area (Å²) in [4.78, 5) is 33.6. The van der Waals surface area contributed by atoms with Crippen molar-refractivity contribution in [3.05, 3.63) is 20.8 Å². The number of nitrogens with zero attached hydrogens (tertiary/aromatic N) is 4. The molecule has 0 saturated carbocycles. The molecule has 0 radical (unpaired) electrons. The van der Waals surface area contributed by atoms with Crippen LogP contribution in [0.5, 0.6) is 0 Å². The number of fused-ring (bicyclic) bond motifs is 3. The molecule has 0 atom stereocenters. The Morgan fingerprint density at radius 2 is 2.19 bits per heavy atom. The molecule has 1 aliphatic rings. The first-order chi connectivity index (χ1) is 12.6. The van der Waals surface area contributed by atoms with Crippen LogP contribution in [0, 0.1) is 11.3 Å². The Kier molecular flexibility index (Phi) is 5.99. The van der Waals surface area contributed by atoms with Crippen LogP contribution in [-0.2, 0) is 24.7 Å². The molecule has 0 bridgehead atoms. The molecule has 138 valence electrons. The Morgan fingerprint density at radius 1 is 1.42 bits per heavy atom. The first kappa shape index (κ1) is 18.9. The molecule has 2 aromatic heterocycles. The van der Waals surface area contributed by atoms with Gasteiger partial charge in [0.05, 0.1) is 23.6 Å². The number of hydrogen-bond donors (Lipinski definition) is 0. The number of rotatable bonds is 6. The maximum atomic E-state index is 12.8. The second-order valence-corrected chi connectivity index (χ2v) is 8.35. The van der Waals surface area contributed by atoms with Gasteiger partial charge in [0.1, 0.15) is 4.83 Å². The van der Waals surface area contributed by atoms with Gasteiger partial charge in [-0.05, 0) is 38.2 Å². The van der Waals surface area contributed by atoms with E-state index >= 15 is 0 Å². The van der Waals surface area contributed by atoms with E-state index in [9.17, 15) is 9.59 Å². The first-order valence-electron chi connectivity index (χ1n) is 8.85. The molecular formula is C18H22N4O2S2. The minimum absolute atomic E-state index is 0.0128. The molecule has 0 N–H and O–H groups in total. The summed E-state index contributed by atoms with van der Waals surface area (Å²) >= 11 is 2.92. The van der Waals surface area contributed by atoms with Gasteiger partial charge in [-0.25, -0.2) is 4.98 Å². The second-order valence-electron chi connectivity index (χ2n) is 6.32. The van der Waals surface area contributed by atoms with E-state index in [1.807, 2.05) is 6.92 Å². The molecule has 2 aromatic rings. The average molecular weight is 391 g/mol. The number of thioether (sulfide) groups is 1. The molecule has 0 saturated heterocycles. The second kappa shape index (κ2) is 8.23. The molecule has 0 fully saturated rings. The highest BCUT2D eigenvalue weighted by atomic mass is 32.2. The number of thiophene rings is 1. The van der Waals surface area contributed by atoms with Crippen LogP contribution in [0.4, 0.5) is 0 Å². The number of aromatic nitrogens is 2. The van der Waals surface area contributed by atoms with Crippen molar-refractivity contribution in [2.45, 2.75) is 44.2 Å². The zero-order valence-electron chi connectivity index (χ0n) is 15.1. The van der Waals surface area contributed by atoms with Gasteiger partial charge in [0.15, 0.2) is 5.16 Å². The molecule has 3 rings (SSSR count). The van der Waals surface area contributed by atoms with Crippen LogP contribution in [0.1, 0.15) is 36.6 Å². The molecule has 0 spiro atoms. The standard InChI is InChI=1S/C18H22N4O2S2/c1-3-22(10-6-9-19)14(23)11-25-18-20-16-15(17(24)21(18)2)12-7-4-5-8-13(12)26-16/h3-8,10-11H2,1-2H3. The van der Waals surface area contributed by atoms with E-state index < -0.39 is 0 Å². The molecule has 0 aromatic carbocycles. The quantitative estimate of drug-likeness (QED) is 0.560. The van der Waals surface area contributed by atoms with Gasteiger partial charge in [-0.1, -0.05) is 11.8 Å². The van der Waals surface area contributed by atoms with E-state index in [1.165, 1.54) is 28.6 Å². The van der Waals surface area contributed by atoms with Crippen LogP contribution < -0.4 is 5.56 Å². The lowest BCUT2D eigenvalue weighted by atomic mass is 9.97. The lowest BCUT2D eigenvalue weighted by Gasteiger charge is -2.19. The van der Waals surface area contributed by atoms with Gasteiger partial charge in [0, 0.05) is 25.0 Å². The molecule has 1 amide bonds. The number of hydrogen-bond acceptors (Lipinski definition) is 6. The SMILES string of the molecule is CCN(CCC#N)C(=O)CSc1nc2sc3c(c2c(=O)n1C)CCCC3. The summed E-state index contributed by atoms with van der Waals surface area (Å²) in [5, 5.41) is 10.0. The van der Waals surface area contributed by atoms with Crippen molar-refractivity contribution in [1.82, 2.24) is 14.5 Å². The lowest BCUT2D eigenvalue weighted by molar-refractivity contribution is -0.128. The summed E-state index contributed by atoms with van der Waals surface area (Å²) in [6.07, 6.45) is 4.62. The third kappa shape index (κ3) is 3.64. The lowest BCUT2D eigenvalue weighted by Crippen LogP contribution is -2.33. The molecule has 2 heterocycles. The Labute approximate surface area is 160 Å². The van der Waals surface area contributed by atoms with Crippen LogP contribution >= 0.6 is 23.1 Å². The number of aryl methyl sites for hydroxylation is 2. The molecule has 6 nitrogen and oxygen atoms in total. The Bertz CT molecular complexity index is 926. The van der Waals surface area contributed by atoms with Gasteiger partial charge in [0.2, 0.25) is 5.91 Å². The van der Waals surface area contributed by atoms with Crippen molar-refractivity contribution in [3.8, 4) is 6.07 Å². The fourth-order valence-corrected chi connectivity index (χ4v) is 5.44. The number of nitriles is 1. The van der Waals surface area contributed by atoms with Crippen molar-refractivity contribution in [1.29, 1.82) is 5.26 Å². The van der Waals surface area contributed by atoms with Crippen molar-refractivity contribution in [3.63, 3.8) is 0 Å². The normalized spacial score (nSPS) is 13.4. The van der Waals surface area contributed by atoms with Gasteiger partial charge in [-0.15, -0.1) is 11.3 Å². The third-order valence-electron chi connectivity index (χ3n) is 4.71. The van der Waals surface area contributed by atoms with E-state index in [4.69, 9.17) is 5.26 Å². The number of carbonyl (C=O) groups excluding carboxylic acids is 1. The van der Waals surface area contributed by atoms with E-state index in [2.05, 4.69) is 11.1 Å². The number of carbonyl (C=O) groups is 1. The minimum atomic E-state index is -0.0347. The summed E-state index contributed by atoms with van der Waals surface area (Å²) in [5.41, 5.74) is 1.17. The number of amides is 1. The fourth-order valence-electron chi connectivity index (χ4n) is 3.26. The van der Waals surface area contributed by atoms with Gasteiger partial charge in [-0.2, -0.15) is 5.26 Å². The van der Waals surface area contributed by atoms with Crippen molar-refractivity contribution >= 4 is 39.2 Å². The summed E-state index contributed by atoms with van der Waals surface area (Å²) in [6, 6.07) is 2.06. The van der Waals surface area contributed by atoms with E-state index in [1.54, 1.807) is 27.9 Å². The van der Waals surface area contributed by atoms with Crippen LogP contribution in [0.2, 0.25) is 0 Å². The smallest absolute Gasteiger partial charge is 0.262 e. The Morgan fingerprint density at radius 3 is 2.92 bits per heavy atom. The highest BCUT2D eigenvalue weighted by molar-refractivity contribution is 7.99. The van der Waals surface area contributed by atoms with E-state index in [0.29, 0.717) is 24.7 Å². The van der Waals surface area contributed by atoms with Crippen molar-refractivity contribution in [2.75, 3.05) is 18.8 Å². The molecule has 0 aliphatic heterocycles. The van der Waals surface area contributed by atoms with Gasteiger partial charge < -0.3 is 4.90 Å². The minimum Gasteiger partial charge on any atom is -0.341 e. The average Bonchev–Trinajstić information content (AvgIpc) is 3.02. The largest absolute Gasteiger partial charge is 0.341 e. The zero-order valence-corrected chi connectivity index (χ0v) is 16.7. The van der Waals surface area contributed by atoms with Gasteiger partial charge in [-0.3, -0.25) is 14.2 Å². The predicted molar refractivity (Wildman–Crippen MR) is 105 cm³/mol. The Hall–Kier alpha value is -1.85. The van der Waals surface area contributed by atoms with Crippen LogP contribution in [0.25, 0.3) is 10.2 Å². The van der Waals surface area contributed by atoms with Crippen molar-refractivity contribution < 1.29 is 4.79 Å². The molecule has 8 heteroatoms.